The second-order valence-electron chi connectivity index (χ2n) is 11.0. The van der Waals surface area contributed by atoms with Gasteiger partial charge >= 0.3 is 0 Å². The van der Waals surface area contributed by atoms with E-state index in [1.165, 1.54) is 6.20 Å². The van der Waals surface area contributed by atoms with Gasteiger partial charge in [0.05, 0.1) is 47.1 Å². The number of alkyl halides is 3. The van der Waals surface area contributed by atoms with Gasteiger partial charge in [0.2, 0.25) is 5.95 Å². The number of halogens is 5. The Hall–Kier alpha value is -4.21. The molecular formula is C29H28ClF4N9O2. The van der Waals surface area contributed by atoms with Gasteiger partial charge in [0, 0.05) is 67.5 Å². The standard InChI is InChI=1S/C29H28ClF4N9O2/c1-15(16-6-36-29(37-7-16)42-5-4-18(42)12-41-13-21(31)24(44)14-41)43-11-17(8-38-43)39-28(45)23-10-35-9-22(40-23)25-19(27(33)34)2-3-20(30)26(25)32/h2-3,6-11,15,18,21,24,27,44H,4-5,12-14H2,1H3,(H,39,45)/t15?,18?,21-,24-/m1/s1. The lowest BCUT2D eigenvalue weighted by molar-refractivity contribution is 0.102. The molecule has 1 aromatic carbocycles. The maximum absolute atomic E-state index is 14.7. The molecule has 2 aliphatic rings. The number of amides is 1. The number of nitrogens with zero attached hydrogens (tertiary/aromatic N) is 8. The number of aromatic nitrogens is 6. The number of aliphatic hydroxyl groups excluding tert-OH is 1. The van der Waals surface area contributed by atoms with E-state index in [4.69, 9.17) is 11.6 Å². The summed E-state index contributed by atoms with van der Waals surface area (Å²) in [5.74, 6) is -1.23. The lowest BCUT2D eigenvalue weighted by Gasteiger charge is -2.42. The first-order valence-electron chi connectivity index (χ1n) is 14.2. The maximum atomic E-state index is 14.7. The van der Waals surface area contributed by atoms with Crippen LogP contribution in [0.5, 0.6) is 0 Å². The highest BCUT2D eigenvalue weighted by Gasteiger charge is 2.37. The number of carbonyl (C=O) groups excluding carboxylic acids is 1. The van der Waals surface area contributed by atoms with Crippen molar-refractivity contribution in [3.8, 4) is 11.3 Å². The number of hydrogen-bond acceptors (Lipinski definition) is 9. The third kappa shape index (κ3) is 6.32. The predicted molar refractivity (Wildman–Crippen MR) is 157 cm³/mol. The summed E-state index contributed by atoms with van der Waals surface area (Å²) >= 11 is 5.81. The maximum Gasteiger partial charge on any atom is 0.275 e. The first-order valence-corrected chi connectivity index (χ1v) is 14.5. The van der Waals surface area contributed by atoms with Gasteiger partial charge in [0.25, 0.3) is 12.3 Å². The first-order chi connectivity index (χ1) is 21.6. The van der Waals surface area contributed by atoms with Gasteiger partial charge in [-0.05, 0) is 19.4 Å². The Bertz CT molecular complexity index is 1680. The van der Waals surface area contributed by atoms with Crippen molar-refractivity contribution in [1.29, 1.82) is 0 Å². The molecule has 3 aromatic heterocycles. The Balaban J connectivity index is 1.10. The van der Waals surface area contributed by atoms with Crippen LogP contribution in [0.3, 0.4) is 0 Å². The molecule has 0 saturated carbocycles. The molecule has 2 saturated heterocycles. The lowest BCUT2D eigenvalue weighted by Crippen LogP contribution is -2.54. The van der Waals surface area contributed by atoms with Crippen molar-refractivity contribution in [2.24, 2.45) is 0 Å². The largest absolute Gasteiger partial charge is 0.389 e. The molecule has 1 amide bonds. The molecule has 2 N–H and O–H groups in total. The van der Waals surface area contributed by atoms with Crippen LogP contribution < -0.4 is 10.2 Å². The minimum atomic E-state index is -3.00. The third-order valence-electron chi connectivity index (χ3n) is 8.05. The van der Waals surface area contributed by atoms with Crippen molar-refractivity contribution in [2.75, 3.05) is 36.4 Å². The zero-order valence-corrected chi connectivity index (χ0v) is 24.6. The lowest BCUT2D eigenvalue weighted by atomic mass is 10.0. The minimum absolute atomic E-state index is 0.143. The van der Waals surface area contributed by atoms with E-state index in [0.717, 1.165) is 43.1 Å². The molecule has 0 aliphatic carbocycles. The Labute approximate surface area is 259 Å². The Morgan fingerprint density at radius 2 is 1.93 bits per heavy atom. The molecule has 2 unspecified atom stereocenters. The van der Waals surface area contributed by atoms with Crippen LogP contribution in [0.4, 0.5) is 29.2 Å². The van der Waals surface area contributed by atoms with E-state index < -0.39 is 41.6 Å². The summed E-state index contributed by atoms with van der Waals surface area (Å²) in [5, 5.41) is 16.3. The molecule has 16 heteroatoms. The quantitative estimate of drug-likeness (QED) is 0.256. The average Bonchev–Trinajstić information content (AvgIpc) is 3.61. The first kappa shape index (κ1) is 30.8. The van der Waals surface area contributed by atoms with Crippen molar-refractivity contribution < 1.29 is 27.5 Å². The summed E-state index contributed by atoms with van der Waals surface area (Å²) in [6, 6.07) is 1.87. The molecule has 4 aromatic rings. The molecule has 11 nitrogen and oxygen atoms in total. The van der Waals surface area contributed by atoms with Crippen molar-refractivity contribution in [2.45, 2.75) is 44.1 Å². The molecule has 0 radical (unpaired) electrons. The molecule has 0 spiro atoms. The fourth-order valence-electron chi connectivity index (χ4n) is 5.42. The van der Waals surface area contributed by atoms with Crippen LogP contribution >= 0.6 is 11.6 Å². The van der Waals surface area contributed by atoms with Crippen LogP contribution in [0.2, 0.25) is 5.02 Å². The molecule has 5 heterocycles. The Morgan fingerprint density at radius 3 is 2.60 bits per heavy atom. The fourth-order valence-corrected chi connectivity index (χ4v) is 5.58. The van der Waals surface area contributed by atoms with Gasteiger partial charge in [-0.3, -0.25) is 19.4 Å². The number of benzene rings is 1. The predicted octanol–water partition coefficient (Wildman–Crippen LogP) is 4.32. The van der Waals surface area contributed by atoms with Gasteiger partial charge < -0.3 is 15.3 Å². The van der Waals surface area contributed by atoms with E-state index >= 15 is 0 Å². The highest BCUT2D eigenvalue weighted by atomic mass is 35.5. The van der Waals surface area contributed by atoms with E-state index in [2.05, 4.69) is 35.3 Å². The number of anilines is 2. The van der Waals surface area contributed by atoms with Crippen LogP contribution in [-0.4, -0.2) is 90.1 Å². The van der Waals surface area contributed by atoms with Gasteiger partial charge in [-0.15, -0.1) is 0 Å². The van der Waals surface area contributed by atoms with E-state index in [9.17, 15) is 27.5 Å². The van der Waals surface area contributed by atoms with E-state index in [-0.39, 0.29) is 35.0 Å². The number of rotatable bonds is 9. The van der Waals surface area contributed by atoms with Crippen molar-refractivity contribution >= 4 is 29.1 Å². The van der Waals surface area contributed by atoms with Crippen LogP contribution in [0.25, 0.3) is 11.3 Å². The fraction of sp³-hybridized carbons (Fsp3) is 0.379. The molecule has 2 fully saturated rings. The molecule has 236 valence electrons. The summed E-state index contributed by atoms with van der Waals surface area (Å²) in [6.45, 7) is 3.83. The molecule has 45 heavy (non-hydrogen) atoms. The van der Waals surface area contributed by atoms with Gasteiger partial charge in [-0.25, -0.2) is 32.5 Å². The number of aliphatic hydroxyl groups is 1. The molecular weight excluding hydrogens is 618 g/mol. The monoisotopic (exact) mass is 645 g/mol. The smallest absolute Gasteiger partial charge is 0.275 e. The number of likely N-dealkylation sites (tertiary alicyclic amines) is 1. The summed E-state index contributed by atoms with van der Waals surface area (Å²) in [4.78, 5) is 33.9. The van der Waals surface area contributed by atoms with E-state index in [0.29, 0.717) is 24.7 Å². The van der Waals surface area contributed by atoms with Crippen LogP contribution in [-0.2, 0) is 0 Å². The summed E-state index contributed by atoms with van der Waals surface area (Å²) in [7, 11) is 0. The van der Waals surface area contributed by atoms with Gasteiger partial charge in [-0.2, -0.15) is 5.10 Å². The molecule has 4 atom stereocenters. The minimum Gasteiger partial charge on any atom is -0.389 e. The van der Waals surface area contributed by atoms with Crippen molar-refractivity contribution in [1.82, 2.24) is 34.6 Å². The Morgan fingerprint density at radius 1 is 1.16 bits per heavy atom. The van der Waals surface area contributed by atoms with Crippen molar-refractivity contribution in [3.63, 3.8) is 0 Å². The number of carbonyl (C=O) groups is 1. The number of hydrogen-bond donors (Lipinski definition) is 2. The summed E-state index contributed by atoms with van der Waals surface area (Å²) < 4.78 is 57.2. The van der Waals surface area contributed by atoms with Crippen molar-refractivity contribution in [3.05, 3.63) is 77.0 Å². The Kier molecular flexibility index (Phi) is 8.66. The number of β-amino-alcohol motifs (C(OH)–C–C–N with tert-alkyl or cyclic N) is 1. The second kappa shape index (κ2) is 12.7. The van der Waals surface area contributed by atoms with Gasteiger partial charge in [0.15, 0.2) is 5.82 Å². The zero-order chi connectivity index (χ0) is 31.8. The molecule has 2 aliphatic heterocycles. The van der Waals surface area contributed by atoms with Crippen LogP contribution in [0.1, 0.15) is 47.4 Å². The van der Waals surface area contributed by atoms with Gasteiger partial charge in [-0.1, -0.05) is 17.7 Å². The summed E-state index contributed by atoms with van der Waals surface area (Å²) in [6.07, 6.45) is 4.37. The van der Waals surface area contributed by atoms with Crippen LogP contribution in [0, 0.1) is 5.82 Å². The van der Waals surface area contributed by atoms with Gasteiger partial charge in [0.1, 0.15) is 11.9 Å². The van der Waals surface area contributed by atoms with E-state index in [1.54, 1.807) is 23.3 Å². The van der Waals surface area contributed by atoms with Crippen LogP contribution in [0.15, 0.2) is 49.3 Å². The highest BCUT2D eigenvalue weighted by Crippen LogP contribution is 2.35. The molecule has 0 bridgehead atoms. The topological polar surface area (TPSA) is 125 Å². The second-order valence-corrected chi connectivity index (χ2v) is 11.4. The van der Waals surface area contributed by atoms with E-state index in [1.807, 2.05) is 11.8 Å². The highest BCUT2D eigenvalue weighted by molar-refractivity contribution is 6.31. The molecule has 6 rings (SSSR count). The third-order valence-corrected chi connectivity index (χ3v) is 8.34. The summed E-state index contributed by atoms with van der Waals surface area (Å²) in [5.41, 5.74) is -0.563. The average molecular weight is 646 g/mol. The normalized spacial score (nSPS) is 20.8. The number of nitrogens with one attached hydrogen (secondary N) is 1. The SMILES string of the molecule is CC(c1cnc(N2CCC2CN2C[C@@H](O)[C@H](F)C2)nc1)n1cc(NC(=O)c2cncc(-c3c(C(F)F)ccc(Cl)c3F)n2)cn1. The zero-order valence-electron chi connectivity index (χ0n) is 23.9.